The first kappa shape index (κ1) is 17.2. The molecule has 0 aliphatic carbocycles. The van der Waals surface area contributed by atoms with Crippen LogP contribution >= 0.6 is 0 Å². The molecular weight excluding hydrogens is 347 g/mol. The maximum atomic E-state index is 13.1. The summed E-state index contributed by atoms with van der Waals surface area (Å²) in [6, 6.07) is 13.7. The molecule has 3 aromatic rings. The van der Waals surface area contributed by atoms with E-state index in [0.29, 0.717) is 30.4 Å². The van der Waals surface area contributed by atoms with E-state index < -0.39 is 0 Å². The molecule has 1 aliphatic rings. The molecule has 138 valence electrons. The van der Waals surface area contributed by atoms with Gasteiger partial charge in [-0.1, -0.05) is 17.3 Å². The van der Waals surface area contributed by atoms with Crippen molar-refractivity contribution in [3.63, 3.8) is 0 Å². The van der Waals surface area contributed by atoms with E-state index in [1.807, 2.05) is 17.0 Å². The molecule has 2 aromatic carbocycles. The molecule has 0 radical (unpaired) electrons. The Balaban J connectivity index is 1.39. The molecule has 0 atom stereocenters. The monoisotopic (exact) mass is 366 g/mol. The van der Waals surface area contributed by atoms with Crippen LogP contribution in [0.2, 0.25) is 0 Å². The van der Waals surface area contributed by atoms with Crippen molar-refractivity contribution < 1.29 is 13.7 Å². The molecule has 0 saturated carbocycles. The van der Waals surface area contributed by atoms with Gasteiger partial charge in [-0.05, 0) is 36.4 Å². The third-order valence-electron chi connectivity index (χ3n) is 4.68. The van der Waals surface area contributed by atoms with Gasteiger partial charge < -0.3 is 14.3 Å². The second kappa shape index (κ2) is 7.19. The number of carbonyl (C=O) groups is 1. The number of nitrogens with zero attached hydrogens (tertiary/aromatic N) is 4. The Morgan fingerprint density at radius 2 is 1.67 bits per heavy atom. The van der Waals surface area contributed by atoms with E-state index >= 15 is 0 Å². The molecule has 1 aliphatic heterocycles. The highest BCUT2D eigenvalue weighted by atomic mass is 19.1. The molecule has 0 unspecified atom stereocenters. The lowest BCUT2D eigenvalue weighted by Crippen LogP contribution is -2.48. The maximum Gasteiger partial charge on any atom is 0.253 e. The van der Waals surface area contributed by atoms with E-state index in [2.05, 4.69) is 15.0 Å². The van der Waals surface area contributed by atoms with Crippen molar-refractivity contribution in [1.29, 1.82) is 0 Å². The molecular formula is C20H19FN4O2. The first-order valence-electron chi connectivity index (χ1n) is 8.81. The highest BCUT2D eigenvalue weighted by Gasteiger charge is 2.22. The van der Waals surface area contributed by atoms with E-state index in [1.165, 1.54) is 12.1 Å². The number of halogens is 1. The zero-order valence-electron chi connectivity index (χ0n) is 14.9. The summed E-state index contributed by atoms with van der Waals surface area (Å²) in [4.78, 5) is 20.9. The van der Waals surface area contributed by atoms with Gasteiger partial charge in [-0.25, -0.2) is 4.39 Å². The minimum Gasteiger partial charge on any atom is -0.368 e. The van der Waals surface area contributed by atoms with Crippen LogP contribution < -0.4 is 4.90 Å². The Bertz CT molecular complexity index is 929. The van der Waals surface area contributed by atoms with Gasteiger partial charge in [0.2, 0.25) is 11.7 Å². The van der Waals surface area contributed by atoms with E-state index in [0.717, 1.165) is 24.3 Å². The largest absolute Gasteiger partial charge is 0.368 e. The summed E-state index contributed by atoms with van der Waals surface area (Å²) in [6.07, 6.45) is 0. The first-order valence-corrected chi connectivity index (χ1v) is 8.81. The lowest BCUT2D eigenvalue weighted by atomic mass is 10.1. The molecule has 1 aromatic heterocycles. The van der Waals surface area contributed by atoms with Gasteiger partial charge in [0.05, 0.1) is 0 Å². The van der Waals surface area contributed by atoms with E-state index in [9.17, 15) is 9.18 Å². The number of hydrogen-bond acceptors (Lipinski definition) is 5. The van der Waals surface area contributed by atoms with Crippen molar-refractivity contribution in [2.45, 2.75) is 6.92 Å². The van der Waals surface area contributed by atoms with Crippen LogP contribution in [0, 0.1) is 12.7 Å². The van der Waals surface area contributed by atoms with Crippen LogP contribution in [0.3, 0.4) is 0 Å². The van der Waals surface area contributed by atoms with Gasteiger partial charge in [0.1, 0.15) is 5.82 Å². The quantitative estimate of drug-likeness (QED) is 0.713. The molecule has 4 rings (SSSR count). The molecule has 6 nitrogen and oxygen atoms in total. The average Bonchev–Trinajstić information content (AvgIpc) is 3.15. The predicted molar refractivity (Wildman–Crippen MR) is 99.0 cm³/mol. The van der Waals surface area contributed by atoms with Crippen molar-refractivity contribution >= 4 is 11.6 Å². The number of aromatic nitrogens is 2. The Morgan fingerprint density at radius 1 is 1.00 bits per heavy atom. The minimum absolute atomic E-state index is 0.00426. The Morgan fingerprint density at radius 3 is 2.26 bits per heavy atom. The minimum atomic E-state index is -0.244. The standard InChI is InChI=1S/C20H19FN4O2/c1-14-22-19(23-27-14)15-2-4-16(5-3-15)20(26)25-12-10-24(11-13-25)18-8-6-17(21)7-9-18/h2-9H,10-13H2,1H3. The van der Waals surface area contributed by atoms with Crippen LogP contribution in [0.5, 0.6) is 0 Å². The molecule has 1 amide bonds. The average molecular weight is 366 g/mol. The van der Waals surface area contributed by atoms with Gasteiger partial charge in [-0.2, -0.15) is 4.98 Å². The lowest BCUT2D eigenvalue weighted by Gasteiger charge is -2.36. The fraction of sp³-hybridized carbons (Fsp3) is 0.250. The van der Waals surface area contributed by atoms with Gasteiger partial charge in [0.25, 0.3) is 5.91 Å². The van der Waals surface area contributed by atoms with Gasteiger partial charge in [-0.15, -0.1) is 0 Å². The number of aryl methyl sites for hydroxylation is 1. The van der Waals surface area contributed by atoms with Crippen molar-refractivity contribution in [2.75, 3.05) is 31.1 Å². The van der Waals surface area contributed by atoms with Crippen molar-refractivity contribution in [2.24, 2.45) is 0 Å². The molecule has 27 heavy (non-hydrogen) atoms. The number of anilines is 1. The van der Waals surface area contributed by atoms with Gasteiger partial charge in [-0.3, -0.25) is 4.79 Å². The summed E-state index contributed by atoms with van der Waals surface area (Å²) in [7, 11) is 0. The third-order valence-corrected chi connectivity index (χ3v) is 4.68. The van der Waals surface area contributed by atoms with E-state index in [-0.39, 0.29) is 11.7 Å². The van der Waals surface area contributed by atoms with Crippen molar-refractivity contribution in [1.82, 2.24) is 15.0 Å². The van der Waals surface area contributed by atoms with Crippen LogP contribution in [0.4, 0.5) is 10.1 Å². The van der Waals surface area contributed by atoms with Gasteiger partial charge in [0, 0.05) is 49.9 Å². The topological polar surface area (TPSA) is 62.5 Å². The second-order valence-corrected chi connectivity index (χ2v) is 6.47. The highest BCUT2D eigenvalue weighted by Crippen LogP contribution is 2.20. The summed E-state index contributed by atoms with van der Waals surface area (Å²) in [5.41, 5.74) is 2.42. The van der Waals surface area contributed by atoms with Gasteiger partial charge >= 0.3 is 0 Å². The zero-order chi connectivity index (χ0) is 18.8. The summed E-state index contributed by atoms with van der Waals surface area (Å²) in [6.45, 7) is 4.43. The third kappa shape index (κ3) is 3.67. The molecule has 1 saturated heterocycles. The SMILES string of the molecule is Cc1nc(-c2ccc(C(=O)N3CCN(c4ccc(F)cc4)CC3)cc2)no1. The van der Waals surface area contributed by atoms with E-state index in [1.54, 1.807) is 31.2 Å². The predicted octanol–water partition coefficient (Wildman–Crippen LogP) is 3.15. The van der Waals surface area contributed by atoms with Crippen LogP contribution in [-0.2, 0) is 0 Å². The number of hydrogen-bond donors (Lipinski definition) is 0. The number of piperazine rings is 1. The van der Waals surface area contributed by atoms with Crippen LogP contribution in [-0.4, -0.2) is 47.1 Å². The molecule has 7 heteroatoms. The molecule has 1 fully saturated rings. The van der Waals surface area contributed by atoms with Crippen LogP contribution in [0.15, 0.2) is 53.1 Å². The fourth-order valence-corrected chi connectivity index (χ4v) is 3.18. The summed E-state index contributed by atoms with van der Waals surface area (Å²) in [5, 5.41) is 3.88. The number of amides is 1. The highest BCUT2D eigenvalue weighted by molar-refractivity contribution is 5.94. The smallest absolute Gasteiger partial charge is 0.253 e. The molecule has 2 heterocycles. The number of benzene rings is 2. The first-order chi connectivity index (χ1) is 13.1. The molecule has 0 bridgehead atoms. The Kier molecular flexibility index (Phi) is 4.58. The summed E-state index contributed by atoms with van der Waals surface area (Å²) >= 11 is 0. The Labute approximate surface area is 156 Å². The van der Waals surface area contributed by atoms with Crippen LogP contribution in [0.1, 0.15) is 16.2 Å². The lowest BCUT2D eigenvalue weighted by molar-refractivity contribution is 0.0747. The molecule has 0 N–H and O–H groups in total. The number of carbonyl (C=O) groups excluding carboxylic acids is 1. The zero-order valence-corrected chi connectivity index (χ0v) is 14.9. The molecule has 0 spiro atoms. The van der Waals surface area contributed by atoms with E-state index in [4.69, 9.17) is 4.52 Å². The van der Waals surface area contributed by atoms with Crippen molar-refractivity contribution in [3.8, 4) is 11.4 Å². The fourth-order valence-electron chi connectivity index (χ4n) is 3.18. The van der Waals surface area contributed by atoms with Crippen LogP contribution in [0.25, 0.3) is 11.4 Å². The Hall–Kier alpha value is -3.22. The van der Waals surface area contributed by atoms with Gasteiger partial charge in [0.15, 0.2) is 0 Å². The number of rotatable bonds is 3. The second-order valence-electron chi connectivity index (χ2n) is 6.47. The normalized spacial score (nSPS) is 14.4. The summed E-state index contributed by atoms with van der Waals surface area (Å²) in [5.74, 6) is 0.778. The summed E-state index contributed by atoms with van der Waals surface area (Å²) < 4.78 is 18.0. The maximum absolute atomic E-state index is 13.1. The van der Waals surface area contributed by atoms with Crippen molar-refractivity contribution in [3.05, 3.63) is 65.8 Å².